The third kappa shape index (κ3) is 2.27. The Hall–Kier alpha value is -2.42. The van der Waals surface area contributed by atoms with Gasteiger partial charge in [0.1, 0.15) is 5.60 Å². The molecule has 0 atom stereocenters. The number of H-pyrrole nitrogens is 1. The smallest absolute Gasteiger partial charge is 0.378 e. The number of nitrogens with one attached hydrogen (secondary N) is 1. The van der Waals surface area contributed by atoms with Gasteiger partial charge in [0.15, 0.2) is 0 Å². The number of aromatic amines is 1. The number of carbonyl (C=O) groups excluding carboxylic acids is 1. The number of ether oxygens (including phenoxy) is 2. The van der Waals surface area contributed by atoms with Crippen molar-refractivity contribution in [3.8, 4) is 0 Å². The Kier molecular flexibility index (Phi) is 3.52. The predicted molar refractivity (Wildman–Crippen MR) is 83.7 cm³/mol. The van der Waals surface area contributed by atoms with Gasteiger partial charge in [-0.1, -0.05) is 0 Å². The number of piperidine rings is 1. The van der Waals surface area contributed by atoms with E-state index in [1.54, 1.807) is 11.7 Å². The van der Waals surface area contributed by atoms with Crippen molar-refractivity contribution in [2.75, 3.05) is 31.7 Å². The van der Waals surface area contributed by atoms with Crippen molar-refractivity contribution in [1.29, 1.82) is 0 Å². The van der Waals surface area contributed by atoms with Crippen molar-refractivity contribution >= 4 is 11.9 Å². The number of aromatic nitrogens is 5. The van der Waals surface area contributed by atoms with E-state index in [1.807, 2.05) is 6.20 Å². The van der Waals surface area contributed by atoms with Crippen molar-refractivity contribution in [3.05, 3.63) is 23.3 Å². The number of anilines is 1. The topological polar surface area (TPSA) is 98.2 Å². The zero-order valence-corrected chi connectivity index (χ0v) is 13.8. The number of esters is 1. The lowest BCUT2D eigenvalue weighted by atomic mass is 9.84. The van der Waals surface area contributed by atoms with E-state index in [2.05, 4.69) is 29.9 Å². The largest absolute Gasteiger partial charge is 0.463 e. The maximum absolute atomic E-state index is 11.6. The van der Waals surface area contributed by atoms with Crippen molar-refractivity contribution in [1.82, 2.24) is 25.0 Å². The molecule has 0 radical (unpaired) electrons. The summed E-state index contributed by atoms with van der Waals surface area (Å²) in [4.78, 5) is 18.0. The number of methoxy groups -OCH3 is 1. The van der Waals surface area contributed by atoms with Gasteiger partial charge in [-0.3, -0.25) is 5.10 Å². The Balaban J connectivity index is 1.54. The number of rotatable bonds is 2. The summed E-state index contributed by atoms with van der Waals surface area (Å²) in [5.74, 6) is 0.231. The fourth-order valence-corrected chi connectivity index (χ4v) is 3.62. The quantitative estimate of drug-likeness (QED) is 0.795. The lowest BCUT2D eigenvalue weighted by molar-refractivity contribution is -0.0797. The predicted octanol–water partition coefficient (Wildman–Crippen LogP) is 0.393. The van der Waals surface area contributed by atoms with Crippen LogP contribution >= 0.6 is 0 Å². The van der Waals surface area contributed by atoms with Crippen LogP contribution in [0.2, 0.25) is 0 Å². The van der Waals surface area contributed by atoms with Gasteiger partial charge in [-0.25, -0.2) is 9.48 Å². The second-order valence-electron chi connectivity index (χ2n) is 6.20. The van der Waals surface area contributed by atoms with Crippen LogP contribution in [0.15, 0.2) is 6.20 Å². The third-order valence-electron chi connectivity index (χ3n) is 4.89. The molecular formula is C15H20N6O3. The summed E-state index contributed by atoms with van der Waals surface area (Å²) in [7, 11) is 3.11. The summed E-state index contributed by atoms with van der Waals surface area (Å²) in [5.41, 5.74) is 2.08. The van der Waals surface area contributed by atoms with Gasteiger partial charge in [0.2, 0.25) is 5.95 Å². The number of hydrogen-bond donors (Lipinski definition) is 1. The average molecular weight is 332 g/mol. The number of hydrogen-bond acceptors (Lipinski definition) is 7. The highest BCUT2D eigenvalue weighted by Crippen LogP contribution is 2.40. The second kappa shape index (κ2) is 5.59. The Labute approximate surface area is 138 Å². The number of nitrogens with zero attached hydrogens (tertiary/aromatic N) is 5. The molecule has 1 spiro atoms. The van der Waals surface area contributed by atoms with E-state index < -0.39 is 5.97 Å². The Morgan fingerprint density at radius 2 is 2.21 bits per heavy atom. The zero-order chi connectivity index (χ0) is 16.7. The van der Waals surface area contributed by atoms with E-state index in [4.69, 9.17) is 4.74 Å². The van der Waals surface area contributed by atoms with E-state index in [0.29, 0.717) is 5.95 Å². The van der Waals surface area contributed by atoms with Gasteiger partial charge >= 0.3 is 5.97 Å². The lowest BCUT2D eigenvalue weighted by Gasteiger charge is -2.43. The van der Waals surface area contributed by atoms with Crippen LogP contribution in [-0.4, -0.2) is 57.7 Å². The molecule has 0 bridgehead atoms. The monoisotopic (exact) mass is 332 g/mol. The van der Waals surface area contributed by atoms with Crippen LogP contribution in [0, 0.1) is 0 Å². The minimum atomic E-state index is -0.525. The molecule has 24 heavy (non-hydrogen) atoms. The Morgan fingerprint density at radius 1 is 1.42 bits per heavy atom. The minimum Gasteiger partial charge on any atom is -0.463 e. The lowest BCUT2D eigenvalue weighted by Crippen LogP contribution is -2.47. The van der Waals surface area contributed by atoms with E-state index in [1.165, 1.54) is 12.7 Å². The molecule has 9 nitrogen and oxygen atoms in total. The molecule has 0 aliphatic carbocycles. The minimum absolute atomic E-state index is 0.0834. The zero-order valence-electron chi connectivity index (χ0n) is 13.8. The van der Waals surface area contributed by atoms with E-state index in [9.17, 15) is 4.79 Å². The first-order valence-corrected chi connectivity index (χ1v) is 8.04. The molecule has 1 N–H and O–H groups in total. The molecule has 0 aromatic carbocycles. The molecule has 2 aliphatic heterocycles. The highest BCUT2D eigenvalue weighted by molar-refractivity contribution is 5.85. The maximum Gasteiger partial charge on any atom is 0.378 e. The van der Waals surface area contributed by atoms with Crippen LogP contribution in [0.5, 0.6) is 0 Å². The summed E-state index contributed by atoms with van der Waals surface area (Å²) in [6.45, 7) is 2.26. The van der Waals surface area contributed by atoms with Gasteiger partial charge in [-0.2, -0.15) is 10.1 Å². The fraction of sp³-hybridized carbons (Fsp3) is 0.600. The van der Waals surface area contributed by atoms with Crippen LogP contribution in [-0.2, 0) is 28.5 Å². The van der Waals surface area contributed by atoms with Gasteiger partial charge < -0.3 is 14.4 Å². The molecule has 1 saturated heterocycles. The van der Waals surface area contributed by atoms with Crippen LogP contribution < -0.4 is 4.90 Å². The van der Waals surface area contributed by atoms with Crippen LogP contribution in [0.25, 0.3) is 0 Å². The van der Waals surface area contributed by atoms with Gasteiger partial charge in [-0.05, 0) is 24.8 Å². The first-order valence-electron chi connectivity index (χ1n) is 8.04. The summed E-state index contributed by atoms with van der Waals surface area (Å²) < 4.78 is 12.5. The first kappa shape index (κ1) is 15.1. The molecule has 0 saturated carbocycles. The van der Waals surface area contributed by atoms with Crippen molar-refractivity contribution in [2.45, 2.75) is 24.9 Å². The van der Waals surface area contributed by atoms with Gasteiger partial charge in [-0.15, -0.1) is 5.10 Å². The molecule has 4 rings (SSSR count). The van der Waals surface area contributed by atoms with Crippen LogP contribution in [0.3, 0.4) is 0 Å². The van der Waals surface area contributed by atoms with Gasteiger partial charge in [0, 0.05) is 20.1 Å². The van der Waals surface area contributed by atoms with E-state index in [0.717, 1.165) is 44.7 Å². The van der Waals surface area contributed by atoms with Gasteiger partial charge in [0.05, 0.1) is 25.6 Å². The van der Waals surface area contributed by atoms with Crippen molar-refractivity contribution in [2.24, 2.45) is 7.05 Å². The maximum atomic E-state index is 11.6. The first-order chi connectivity index (χ1) is 11.6. The van der Waals surface area contributed by atoms with Crippen molar-refractivity contribution < 1.29 is 14.3 Å². The highest BCUT2D eigenvalue weighted by Gasteiger charge is 2.43. The van der Waals surface area contributed by atoms with Gasteiger partial charge in [0.25, 0.3) is 5.82 Å². The molecule has 2 aromatic rings. The number of fused-ring (bicyclic) bond motifs is 2. The van der Waals surface area contributed by atoms with Crippen molar-refractivity contribution in [3.63, 3.8) is 0 Å². The molecule has 128 valence electrons. The summed E-state index contributed by atoms with van der Waals surface area (Å²) in [6, 6.07) is 0. The molecule has 2 aliphatic rings. The molecule has 9 heteroatoms. The Bertz CT molecular complexity index is 759. The third-order valence-corrected chi connectivity index (χ3v) is 4.89. The second-order valence-corrected chi connectivity index (χ2v) is 6.20. The molecule has 0 unspecified atom stereocenters. The SMILES string of the molecule is COC(=O)c1nc(N2CCC3(CC2)OCCc2cn[nH]c23)n(C)n1. The molecule has 4 heterocycles. The number of aryl methyl sites for hydroxylation is 1. The Morgan fingerprint density at radius 3 is 2.96 bits per heavy atom. The summed E-state index contributed by atoms with van der Waals surface area (Å²) in [5, 5.41) is 11.4. The average Bonchev–Trinajstić information content (AvgIpc) is 3.23. The normalized spacial score (nSPS) is 19.3. The summed E-state index contributed by atoms with van der Waals surface area (Å²) >= 11 is 0. The highest BCUT2D eigenvalue weighted by atomic mass is 16.5. The van der Waals surface area contributed by atoms with E-state index in [-0.39, 0.29) is 11.4 Å². The molecule has 2 aromatic heterocycles. The molecule has 0 amide bonds. The molecular weight excluding hydrogens is 312 g/mol. The number of carbonyl (C=O) groups is 1. The van der Waals surface area contributed by atoms with Crippen LogP contribution in [0.1, 0.15) is 34.7 Å². The fourth-order valence-electron chi connectivity index (χ4n) is 3.62. The van der Waals surface area contributed by atoms with E-state index >= 15 is 0 Å². The molecule has 1 fully saturated rings. The summed E-state index contributed by atoms with van der Waals surface area (Å²) in [6.07, 6.45) is 4.48. The van der Waals surface area contributed by atoms with Crippen LogP contribution in [0.4, 0.5) is 5.95 Å². The standard InChI is InChI=1S/C15H20N6O3/c1-20-14(17-12(19-20)13(22)23-2)21-6-4-15(5-7-21)11-10(3-8-24-15)9-16-18-11/h9H,3-8H2,1-2H3,(H,16,18).